The third-order valence-corrected chi connectivity index (χ3v) is 2.69. The molecule has 1 aromatic rings. The maximum Gasteiger partial charge on any atom is 0.164 e. The molecule has 3 N–H and O–H groups in total. The van der Waals surface area contributed by atoms with Crippen molar-refractivity contribution in [2.75, 3.05) is 21.3 Å². The zero-order valence-corrected chi connectivity index (χ0v) is 11.1. The first-order valence-corrected chi connectivity index (χ1v) is 5.74. The molecule has 0 saturated carbocycles. The van der Waals surface area contributed by atoms with Crippen molar-refractivity contribution >= 4 is 0 Å². The number of rotatable bonds is 6. The lowest BCUT2D eigenvalue weighted by atomic mass is 10.0. The van der Waals surface area contributed by atoms with Gasteiger partial charge in [-0.15, -0.1) is 0 Å². The topological polar surface area (TPSA) is 55.3 Å². The maximum absolute atomic E-state index is 5.36. The molecule has 0 bridgehead atoms. The number of methoxy groups -OCH3 is 3. The van der Waals surface area contributed by atoms with Crippen LogP contribution < -0.4 is 19.9 Å². The molecule has 4 nitrogen and oxygen atoms in total. The lowest BCUT2D eigenvalue weighted by Gasteiger charge is -2.14. The molecule has 0 fully saturated rings. The van der Waals surface area contributed by atoms with Gasteiger partial charge in [0.2, 0.25) is 0 Å². The van der Waals surface area contributed by atoms with Gasteiger partial charge < -0.3 is 19.9 Å². The summed E-state index contributed by atoms with van der Waals surface area (Å²) >= 11 is 0. The highest BCUT2D eigenvalue weighted by molar-refractivity contribution is 5.50. The van der Waals surface area contributed by atoms with E-state index in [1.54, 1.807) is 21.3 Å². The molecular formula is C13H22NO3+. The van der Waals surface area contributed by atoms with E-state index >= 15 is 0 Å². The van der Waals surface area contributed by atoms with Crippen LogP contribution >= 0.6 is 0 Å². The van der Waals surface area contributed by atoms with E-state index in [1.807, 2.05) is 12.1 Å². The van der Waals surface area contributed by atoms with Gasteiger partial charge in [-0.2, -0.15) is 0 Å². The molecule has 0 aliphatic heterocycles. The molecule has 1 unspecified atom stereocenters. The van der Waals surface area contributed by atoms with Gasteiger partial charge in [-0.05, 0) is 25.0 Å². The molecule has 17 heavy (non-hydrogen) atoms. The molecule has 0 radical (unpaired) electrons. The van der Waals surface area contributed by atoms with Crippen LogP contribution in [0.2, 0.25) is 0 Å². The third kappa shape index (κ3) is 3.53. The van der Waals surface area contributed by atoms with Gasteiger partial charge in [-0.3, -0.25) is 0 Å². The fourth-order valence-electron chi connectivity index (χ4n) is 1.69. The Labute approximate surface area is 103 Å². The highest BCUT2D eigenvalue weighted by atomic mass is 16.5. The number of hydrogen-bond acceptors (Lipinski definition) is 3. The van der Waals surface area contributed by atoms with Crippen LogP contribution in [0.25, 0.3) is 0 Å². The van der Waals surface area contributed by atoms with E-state index in [2.05, 4.69) is 12.7 Å². The van der Waals surface area contributed by atoms with Crippen LogP contribution in [0.1, 0.15) is 18.9 Å². The van der Waals surface area contributed by atoms with Crippen molar-refractivity contribution in [3.63, 3.8) is 0 Å². The molecule has 0 aliphatic rings. The Bertz CT molecular complexity index is 364. The minimum atomic E-state index is 0.424. The van der Waals surface area contributed by atoms with E-state index < -0.39 is 0 Å². The van der Waals surface area contributed by atoms with E-state index in [-0.39, 0.29) is 0 Å². The average Bonchev–Trinajstić information content (AvgIpc) is 2.34. The fraction of sp³-hybridized carbons (Fsp3) is 0.538. The van der Waals surface area contributed by atoms with Crippen molar-refractivity contribution in [1.29, 1.82) is 0 Å². The molecule has 0 spiro atoms. The van der Waals surface area contributed by atoms with E-state index in [0.717, 1.165) is 29.9 Å². The Hall–Kier alpha value is -1.42. The zero-order chi connectivity index (χ0) is 12.8. The SMILES string of the molecule is COc1cc(OC)c(OC)cc1CCC(C)[NH3+]. The van der Waals surface area contributed by atoms with Crippen LogP contribution in [-0.4, -0.2) is 27.4 Å². The summed E-state index contributed by atoms with van der Waals surface area (Å²) in [7, 11) is 4.92. The molecule has 1 atom stereocenters. The quantitative estimate of drug-likeness (QED) is 0.815. The first-order valence-electron chi connectivity index (χ1n) is 5.74. The van der Waals surface area contributed by atoms with Gasteiger partial charge in [-0.1, -0.05) is 0 Å². The number of hydrogen-bond donors (Lipinski definition) is 1. The summed E-state index contributed by atoms with van der Waals surface area (Å²) in [5.41, 5.74) is 5.11. The van der Waals surface area contributed by atoms with Crippen molar-refractivity contribution in [3.05, 3.63) is 17.7 Å². The van der Waals surface area contributed by atoms with Gasteiger partial charge in [-0.25, -0.2) is 0 Å². The fourth-order valence-corrected chi connectivity index (χ4v) is 1.69. The summed E-state index contributed by atoms with van der Waals surface area (Å²) < 4.78 is 15.9. The number of ether oxygens (including phenoxy) is 3. The highest BCUT2D eigenvalue weighted by Gasteiger charge is 2.12. The van der Waals surface area contributed by atoms with Crippen molar-refractivity contribution in [3.8, 4) is 17.2 Å². The van der Waals surface area contributed by atoms with Crippen molar-refractivity contribution in [2.24, 2.45) is 0 Å². The number of quaternary nitrogens is 1. The van der Waals surface area contributed by atoms with Crippen molar-refractivity contribution < 1.29 is 19.9 Å². The summed E-state index contributed by atoms with van der Waals surface area (Å²) in [6.07, 6.45) is 1.94. The standard InChI is InChI=1S/C13H21NO3/c1-9(14)5-6-10-7-12(16-3)13(17-4)8-11(10)15-2/h7-9H,5-6,14H2,1-4H3/p+1. The molecule has 1 rings (SSSR count). The second-order valence-electron chi connectivity index (χ2n) is 4.16. The Morgan fingerprint density at radius 2 is 1.53 bits per heavy atom. The molecule has 0 heterocycles. The van der Waals surface area contributed by atoms with Crippen LogP contribution in [0.4, 0.5) is 0 Å². The van der Waals surface area contributed by atoms with E-state index in [1.165, 1.54) is 0 Å². The predicted octanol–water partition coefficient (Wildman–Crippen LogP) is 1.28. The van der Waals surface area contributed by atoms with Gasteiger partial charge in [0.25, 0.3) is 0 Å². The summed E-state index contributed by atoms with van der Waals surface area (Å²) in [5, 5.41) is 0. The molecule has 96 valence electrons. The predicted molar refractivity (Wildman–Crippen MR) is 66.8 cm³/mol. The number of aryl methyl sites for hydroxylation is 1. The van der Waals surface area contributed by atoms with Gasteiger partial charge in [0.05, 0.1) is 27.4 Å². The van der Waals surface area contributed by atoms with E-state index in [0.29, 0.717) is 11.8 Å². The highest BCUT2D eigenvalue weighted by Crippen LogP contribution is 2.35. The molecule has 0 aromatic heterocycles. The van der Waals surface area contributed by atoms with Crippen LogP contribution in [0.15, 0.2) is 12.1 Å². The lowest BCUT2D eigenvalue weighted by molar-refractivity contribution is -0.415. The molecule has 0 saturated heterocycles. The summed E-state index contributed by atoms with van der Waals surface area (Å²) in [5.74, 6) is 2.26. The molecule has 1 aromatic carbocycles. The Kier molecular flexibility index (Phi) is 5.10. The van der Waals surface area contributed by atoms with Gasteiger partial charge in [0.15, 0.2) is 11.5 Å². The Morgan fingerprint density at radius 1 is 1.00 bits per heavy atom. The summed E-state index contributed by atoms with van der Waals surface area (Å²) in [4.78, 5) is 0. The largest absolute Gasteiger partial charge is 0.496 e. The second kappa shape index (κ2) is 6.35. The summed E-state index contributed by atoms with van der Waals surface area (Å²) in [6, 6.07) is 4.26. The summed E-state index contributed by atoms with van der Waals surface area (Å²) in [6.45, 7) is 2.10. The van der Waals surface area contributed by atoms with Crippen LogP contribution in [-0.2, 0) is 6.42 Å². The Balaban J connectivity index is 3.01. The normalized spacial score (nSPS) is 12.1. The monoisotopic (exact) mass is 240 g/mol. The van der Waals surface area contributed by atoms with Crippen molar-refractivity contribution in [2.45, 2.75) is 25.8 Å². The lowest BCUT2D eigenvalue weighted by Crippen LogP contribution is -2.59. The number of benzene rings is 1. The minimum Gasteiger partial charge on any atom is -0.496 e. The molecule has 4 heteroatoms. The van der Waals surface area contributed by atoms with Gasteiger partial charge >= 0.3 is 0 Å². The first kappa shape index (κ1) is 13.6. The van der Waals surface area contributed by atoms with Crippen LogP contribution in [0.5, 0.6) is 17.2 Å². The van der Waals surface area contributed by atoms with Gasteiger partial charge in [0, 0.05) is 12.5 Å². The van der Waals surface area contributed by atoms with E-state index in [4.69, 9.17) is 14.2 Å². The second-order valence-corrected chi connectivity index (χ2v) is 4.16. The maximum atomic E-state index is 5.36. The first-order chi connectivity index (χ1) is 8.12. The smallest absolute Gasteiger partial charge is 0.164 e. The molecule has 0 amide bonds. The van der Waals surface area contributed by atoms with Crippen LogP contribution in [0.3, 0.4) is 0 Å². The average molecular weight is 240 g/mol. The van der Waals surface area contributed by atoms with E-state index in [9.17, 15) is 0 Å². The Morgan fingerprint density at radius 3 is 2.00 bits per heavy atom. The third-order valence-electron chi connectivity index (χ3n) is 2.69. The molecule has 0 aliphatic carbocycles. The molecular weight excluding hydrogens is 218 g/mol. The van der Waals surface area contributed by atoms with Crippen LogP contribution in [0, 0.1) is 0 Å². The van der Waals surface area contributed by atoms with Crippen molar-refractivity contribution in [1.82, 2.24) is 0 Å². The van der Waals surface area contributed by atoms with Gasteiger partial charge in [0.1, 0.15) is 5.75 Å². The zero-order valence-electron chi connectivity index (χ0n) is 11.1. The minimum absolute atomic E-state index is 0.424.